The molecular formula is C15H26N2O. The van der Waals surface area contributed by atoms with Crippen LogP contribution in [-0.4, -0.2) is 11.1 Å². The number of aromatic nitrogens is 1. The van der Waals surface area contributed by atoms with Gasteiger partial charge in [-0.2, -0.15) is 0 Å². The summed E-state index contributed by atoms with van der Waals surface area (Å²) in [6.07, 6.45) is 8.39. The summed E-state index contributed by atoms with van der Waals surface area (Å²) in [4.78, 5) is 4.33. The Morgan fingerprint density at radius 1 is 1.33 bits per heavy atom. The number of rotatable bonds is 9. The van der Waals surface area contributed by atoms with Crippen molar-refractivity contribution in [3.8, 4) is 0 Å². The van der Waals surface area contributed by atoms with Gasteiger partial charge in [0.15, 0.2) is 0 Å². The summed E-state index contributed by atoms with van der Waals surface area (Å²) in [6, 6.07) is 3.93. The molecule has 0 fully saturated rings. The summed E-state index contributed by atoms with van der Waals surface area (Å²) in [5.74, 6) is 0. The van der Waals surface area contributed by atoms with Crippen molar-refractivity contribution in [3.05, 3.63) is 29.6 Å². The first kappa shape index (κ1) is 15.1. The van der Waals surface area contributed by atoms with Gasteiger partial charge in [0.05, 0.1) is 18.4 Å². The van der Waals surface area contributed by atoms with Gasteiger partial charge in [-0.15, -0.1) is 0 Å². The summed E-state index contributed by atoms with van der Waals surface area (Å²) < 4.78 is 5.83. The monoisotopic (exact) mass is 250 g/mol. The molecule has 0 aliphatic carbocycles. The van der Waals surface area contributed by atoms with E-state index in [0.717, 1.165) is 17.7 Å². The average Bonchev–Trinajstić information content (AvgIpc) is 2.41. The average molecular weight is 250 g/mol. The normalized spacial score (nSPS) is 12.6. The number of nitrogens with zero attached hydrogens (tertiary/aromatic N) is 1. The standard InChI is InChI=1S/C15H26N2O/c1-3-4-5-6-8-13(2)18-12-15-14(11-16)9-7-10-17-15/h7,9-10,13H,3-6,8,11-12,16H2,1-2H3. The molecule has 1 atom stereocenters. The van der Waals surface area contributed by atoms with E-state index in [1.165, 1.54) is 25.7 Å². The smallest absolute Gasteiger partial charge is 0.0894 e. The van der Waals surface area contributed by atoms with Crippen LogP contribution in [0, 0.1) is 0 Å². The van der Waals surface area contributed by atoms with Crippen molar-refractivity contribution in [1.82, 2.24) is 4.98 Å². The molecule has 1 aromatic heterocycles. The van der Waals surface area contributed by atoms with Crippen LogP contribution in [-0.2, 0) is 17.9 Å². The first-order chi connectivity index (χ1) is 8.77. The Morgan fingerprint density at radius 3 is 2.89 bits per heavy atom. The molecule has 0 amide bonds. The zero-order chi connectivity index (χ0) is 13.2. The number of unbranched alkanes of at least 4 members (excludes halogenated alkanes) is 3. The van der Waals surface area contributed by atoms with Crippen molar-refractivity contribution in [2.45, 2.75) is 65.2 Å². The quantitative estimate of drug-likeness (QED) is 0.683. The van der Waals surface area contributed by atoms with Crippen LogP contribution in [0.1, 0.15) is 57.2 Å². The van der Waals surface area contributed by atoms with Crippen LogP contribution in [0.3, 0.4) is 0 Å². The predicted octanol–water partition coefficient (Wildman–Crippen LogP) is 3.42. The number of hydrogen-bond donors (Lipinski definition) is 1. The van der Waals surface area contributed by atoms with E-state index in [0.29, 0.717) is 19.3 Å². The first-order valence-corrected chi connectivity index (χ1v) is 7.02. The van der Waals surface area contributed by atoms with Gasteiger partial charge in [-0.1, -0.05) is 38.7 Å². The lowest BCUT2D eigenvalue weighted by Crippen LogP contribution is -2.11. The first-order valence-electron chi connectivity index (χ1n) is 7.02. The molecule has 1 rings (SSSR count). The second-order valence-electron chi connectivity index (χ2n) is 4.78. The van der Waals surface area contributed by atoms with Gasteiger partial charge in [0.25, 0.3) is 0 Å². The van der Waals surface area contributed by atoms with Crippen LogP contribution in [0.25, 0.3) is 0 Å². The third-order valence-corrected chi connectivity index (χ3v) is 3.17. The Bertz CT molecular complexity index is 328. The van der Waals surface area contributed by atoms with Crippen LogP contribution < -0.4 is 5.73 Å². The molecule has 2 N–H and O–H groups in total. The molecule has 3 heteroatoms. The fourth-order valence-corrected chi connectivity index (χ4v) is 1.95. The lowest BCUT2D eigenvalue weighted by molar-refractivity contribution is 0.0436. The van der Waals surface area contributed by atoms with E-state index < -0.39 is 0 Å². The van der Waals surface area contributed by atoms with Gasteiger partial charge in [0, 0.05) is 12.7 Å². The fourth-order valence-electron chi connectivity index (χ4n) is 1.95. The lowest BCUT2D eigenvalue weighted by Gasteiger charge is -2.14. The summed E-state index contributed by atoms with van der Waals surface area (Å²) in [5, 5.41) is 0. The van der Waals surface area contributed by atoms with Crippen LogP contribution in [0.2, 0.25) is 0 Å². The molecule has 1 aromatic rings. The molecule has 3 nitrogen and oxygen atoms in total. The molecule has 102 valence electrons. The summed E-state index contributed by atoms with van der Waals surface area (Å²) in [6.45, 7) is 5.46. The van der Waals surface area contributed by atoms with Crippen molar-refractivity contribution in [1.29, 1.82) is 0 Å². The topological polar surface area (TPSA) is 48.1 Å². The van der Waals surface area contributed by atoms with Crippen LogP contribution in [0.4, 0.5) is 0 Å². The maximum absolute atomic E-state index is 5.83. The Labute approximate surface area is 111 Å². The van der Waals surface area contributed by atoms with Gasteiger partial charge in [0.2, 0.25) is 0 Å². The molecule has 0 aliphatic heterocycles. The van der Waals surface area contributed by atoms with E-state index in [1.54, 1.807) is 6.20 Å². The van der Waals surface area contributed by atoms with E-state index in [1.807, 2.05) is 12.1 Å². The number of pyridine rings is 1. The minimum absolute atomic E-state index is 0.300. The molecule has 0 bridgehead atoms. The molecule has 0 aromatic carbocycles. The van der Waals surface area contributed by atoms with E-state index in [4.69, 9.17) is 10.5 Å². The molecule has 18 heavy (non-hydrogen) atoms. The van der Waals surface area contributed by atoms with Gasteiger partial charge in [0.1, 0.15) is 0 Å². The molecular weight excluding hydrogens is 224 g/mol. The molecule has 0 radical (unpaired) electrons. The highest BCUT2D eigenvalue weighted by Gasteiger charge is 2.06. The third-order valence-electron chi connectivity index (χ3n) is 3.17. The van der Waals surface area contributed by atoms with Crippen molar-refractivity contribution < 1.29 is 4.74 Å². The van der Waals surface area contributed by atoms with Gasteiger partial charge in [-0.25, -0.2) is 0 Å². The molecule has 0 spiro atoms. The molecule has 0 aliphatic rings. The second kappa shape index (κ2) is 9.06. The largest absolute Gasteiger partial charge is 0.372 e. The Hall–Kier alpha value is -0.930. The maximum atomic E-state index is 5.83. The van der Waals surface area contributed by atoms with Gasteiger partial charge in [-0.3, -0.25) is 4.98 Å². The lowest BCUT2D eigenvalue weighted by atomic mass is 10.1. The predicted molar refractivity (Wildman–Crippen MR) is 75.1 cm³/mol. The highest BCUT2D eigenvalue weighted by molar-refractivity contribution is 5.18. The van der Waals surface area contributed by atoms with E-state index in [2.05, 4.69) is 18.8 Å². The van der Waals surface area contributed by atoms with E-state index >= 15 is 0 Å². The Morgan fingerprint density at radius 2 is 2.17 bits per heavy atom. The molecule has 1 unspecified atom stereocenters. The molecule has 1 heterocycles. The van der Waals surface area contributed by atoms with Crippen molar-refractivity contribution in [3.63, 3.8) is 0 Å². The maximum Gasteiger partial charge on any atom is 0.0894 e. The van der Waals surface area contributed by atoms with Gasteiger partial charge < -0.3 is 10.5 Å². The third kappa shape index (κ3) is 5.61. The SMILES string of the molecule is CCCCCCC(C)OCc1ncccc1CN. The minimum atomic E-state index is 0.300. The number of nitrogens with two attached hydrogens (primary N) is 1. The summed E-state index contributed by atoms with van der Waals surface area (Å²) in [7, 11) is 0. The van der Waals surface area contributed by atoms with E-state index in [-0.39, 0.29) is 0 Å². The molecule has 0 saturated carbocycles. The second-order valence-corrected chi connectivity index (χ2v) is 4.78. The van der Waals surface area contributed by atoms with Crippen molar-refractivity contribution in [2.24, 2.45) is 5.73 Å². The molecule has 0 saturated heterocycles. The fraction of sp³-hybridized carbons (Fsp3) is 0.667. The van der Waals surface area contributed by atoms with Crippen molar-refractivity contribution in [2.75, 3.05) is 0 Å². The highest BCUT2D eigenvalue weighted by Crippen LogP contribution is 2.11. The summed E-state index contributed by atoms with van der Waals surface area (Å²) in [5.41, 5.74) is 7.73. The zero-order valence-corrected chi connectivity index (χ0v) is 11.7. The Kier molecular flexibility index (Phi) is 7.62. The summed E-state index contributed by atoms with van der Waals surface area (Å²) >= 11 is 0. The highest BCUT2D eigenvalue weighted by atomic mass is 16.5. The number of ether oxygens (including phenoxy) is 1. The number of hydrogen-bond acceptors (Lipinski definition) is 3. The van der Waals surface area contributed by atoms with Gasteiger partial charge >= 0.3 is 0 Å². The van der Waals surface area contributed by atoms with Crippen molar-refractivity contribution >= 4 is 0 Å². The zero-order valence-electron chi connectivity index (χ0n) is 11.7. The van der Waals surface area contributed by atoms with Crippen LogP contribution in [0.15, 0.2) is 18.3 Å². The Balaban J connectivity index is 2.26. The minimum Gasteiger partial charge on any atom is -0.372 e. The van der Waals surface area contributed by atoms with Crippen LogP contribution in [0.5, 0.6) is 0 Å². The van der Waals surface area contributed by atoms with E-state index in [9.17, 15) is 0 Å². The van der Waals surface area contributed by atoms with Crippen LogP contribution >= 0.6 is 0 Å². The van der Waals surface area contributed by atoms with Gasteiger partial charge in [-0.05, 0) is 25.0 Å².